The number of rotatable bonds is 4. The normalized spacial score (nSPS) is 12.4. The van der Waals surface area contributed by atoms with Crippen LogP contribution in [0.3, 0.4) is 0 Å². The highest BCUT2D eigenvalue weighted by Gasteiger charge is 2.19. The summed E-state index contributed by atoms with van der Waals surface area (Å²) < 4.78 is 5.80. The van der Waals surface area contributed by atoms with Gasteiger partial charge >= 0.3 is 0 Å². The van der Waals surface area contributed by atoms with Crippen LogP contribution in [0.4, 0.5) is 0 Å². The van der Waals surface area contributed by atoms with Gasteiger partial charge in [0.25, 0.3) is 0 Å². The lowest BCUT2D eigenvalue weighted by molar-refractivity contribution is 0.379. The molecule has 0 aliphatic rings. The summed E-state index contributed by atoms with van der Waals surface area (Å²) in [4.78, 5) is 8.59. The van der Waals surface area contributed by atoms with Crippen molar-refractivity contribution in [1.82, 2.24) is 15.6 Å². The molecule has 0 unspecified atom stereocenters. The molecule has 0 saturated carbocycles. The molecule has 0 bridgehead atoms. The molecule has 0 fully saturated rings. The zero-order valence-corrected chi connectivity index (χ0v) is 15.8. The van der Waals surface area contributed by atoms with Gasteiger partial charge in [0.2, 0.25) is 5.89 Å². The Hall–Kier alpha value is -2.82. The maximum Gasteiger partial charge on any atom is 0.213 e. The van der Waals surface area contributed by atoms with E-state index in [0.29, 0.717) is 24.9 Å². The van der Waals surface area contributed by atoms with Crippen molar-refractivity contribution in [2.24, 2.45) is 4.99 Å². The Morgan fingerprint density at radius 3 is 2.46 bits per heavy atom. The number of nitrogens with one attached hydrogen (secondary N) is 2. The van der Waals surface area contributed by atoms with E-state index in [1.165, 1.54) is 16.3 Å². The van der Waals surface area contributed by atoms with Crippen LogP contribution in [0.25, 0.3) is 10.8 Å². The minimum atomic E-state index is -0.0404. The first kappa shape index (κ1) is 18.0. The largest absolute Gasteiger partial charge is 0.443 e. The van der Waals surface area contributed by atoms with Crippen molar-refractivity contribution >= 4 is 16.7 Å². The lowest BCUT2D eigenvalue weighted by atomic mass is 9.94. The van der Waals surface area contributed by atoms with Gasteiger partial charge in [-0.1, -0.05) is 57.2 Å². The average Bonchev–Trinajstić information content (AvgIpc) is 3.11. The first-order valence-corrected chi connectivity index (χ1v) is 8.83. The van der Waals surface area contributed by atoms with E-state index in [9.17, 15) is 0 Å². The number of guanidine groups is 1. The van der Waals surface area contributed by atoms with Gasteiger partial charge in [0.05, 0.1) is 12.7 Å². The zero-order valence-electron chi connectivity index (χ0n) is 15.8. The van der Waals surface area contributed by atoms with Crippen LogP contribution in [0.15, 0.2) is 58.1 Å². The van der Waals surface area contributed by atoms with Crippen molar-refractivity contribution < 1.29 is 4.42 Å². The van der Waals surface area contributed by atoms with E-state index in [1.807, 2.05) is 0 Å². The molecule has 3 aromatic rings. The zero-order chi connectivity index (χ0) is 18.6. The van der Waals surface area contributed by atoms with Crippen molar-refractivity contribution in [2.45, 2.75) is 39.3 Å². The van der Waals surface area contributed by atoms with Crippen molar-refractivity contribution in [3.63, 3.8) is 0 Å². The Labute approximate surface area is 154 Å². The second-order valence-corrected chi connectivity index (χ2v) is 7.33. The molecule has 1 heterocycles. The van der Waals surface area contributed by atoms with Crippen LogP contribution >= 0.6 is 0 Å². The van der Waals surface area contributed by atoms with E-state index in [2.05, 4.69) is 83.8 Å². The van der Waals surface area contributed by atoms with Crippen LogP contribution < -0.4 is 10.6 Å². The molecule has 2 aromatic carbocycles. The molecule has 0 saturated heterocycles. The molecule has 3 rings (SSSR count). The molecule has 5 nitrogen and oxygen atoms in total. The smallest absolute Gasteiger partial charge is 0.213 e. The number of oxazole rings is 1. The summed E-state index contributed by atoms with van der Waals surface area (Å²) in [6.07, 6.45) is 1.79. The summed E-state index contributed by atoms with van der Waals surface area (Å²) in [6, 6.07) is 14.8. The minimum Gasteiger partial charge on any atom is -0.443 e. The quantitative estimate of drug-likeness (QED) is 0.552. The number of fused-ring (bicyclic) bond motifs is 1. The number of nitrogens with zero attached hydrogens (tertiary/aromatic N) is 2. The van der Waals surface area contributed by atoms with Crippen molar-refractivity contribution in [2.75, 3.05) is 7.05 Å². The second kappa shape index (κ2) is 7.60. The summed E-state index contributed by atoms with van der Waals surface area (Å²) in [5.41, 5.74) is 1.17. The fourth-order valence-corrected chi connectivity index (χ4v) is 2.65. The molecular formula is C21H26N4O. The molecule has 0 aliphatic heterocycles. The molecule has 0 spiro atoms. The molecule has 0 aliphatic carbocycles. The third kappa shape index (κ3) is 4.42. The van der Waals surface area contributed by atoms with Gasteiger partial charge in [0.15, 0.2) is 5.96 Å². The summed E-state index contributed by atoms with van der Waals surface area (Å²) >= 11 is 0. The highest BCUT2D eigenvalue weighted by molar-refractivity contribution is 5.83. The van der Waals surface area contributed by atoms with E-state index in [-0.39, 0.29) is 5.41 Å². The van der Waals surface area contributed by atoms with Gasteiger partial charge in [-0.2, -0.15) is 0 Å². The number of hydrogen-bond acceptors (Lipinski definition) is 3. The van der Waals surface area contributed by atoms with Gasteiger partial charge in [-0.25, -0.2) is 4.98 Å². The number of aromatic nitrogens is 1. The molecular weight excluding hydrogens is 324 g/mol. The van der Waals surface area contributed by atoms with Gasteiger partial charge in [0.1, 0.15) is 5.76 Å². The first-order valence-electron chi connectivity index (χ1n) is 8.83. The van der Waals surface area contributed by atoms with Gasteiger partial charge in [-0.05, 0) is 22.4 Å². The van der Waals surface area contributed by atoms with Crippen LogP contribution in [-0.4, -0.2) is 18.0 Å². The van der Waals surface area contributed by atoms with Gasteiger partial charge < -0.3 is 15.1 Å². The third-order valence-corrected chi connectivity index (χ3v) is 4.20. The van der Waals surface area contributed by atoms with Crippen molar-refractivity contribution in [3.8, 4) is 0 Å². The standard InChI is InChI=1S/C21H26N4O/c1-21(2,3)18-13-23-19(26-18)14-25-20(22-4)24-12-15-9-10-16-7-5-6-8-17(16)11-15/h5-11,13H,12,14H2,1-4H3,(H2,22,24,25). The number of benzene rings is 2. The van der Waals surface area contributed by atoms with Crippen LogP contribution in [0.1, 0.15) is 38.0 Å². The fourth-order valence-electron chi connectivity index (χ4n) is 2.65. The number of hydrogen-bond donors (Lipinski definition) is 2. The molecule has 0 amide bonds. The lowest BCUT2D eigenvalue weighted by Crippen LogP contribution is -2.36. The van der Waals surface area contributed by atoms with E-state index < -0.39 is 0 Å². The summed E-state index contributed by atoms with van der Waals surface area (Å²) in [5, 5.41) is 9.06. The highest BCUT2D eigenvalue weighted by atomic mass is 16.4. The lowest BCUT2D eigenvalue weighted by Gasteiger charge is -2.13. The van der Waals surface area contributed by atoms with Crippen LogP contribution in [0.5, 0.6) is 0 Å². The van der Waals surface area contributed by atoms with E-state index in [0.717, 1.165) is 5.76 Å². The fraction of sp³-hybridized carbons (Fsp3) is 0.333. The van der Waals surface area contributed by atoms with Crippen molar-refractivity contribution in [3.05, 3.63) is 65.9 Å². The molecule has 136 valence electrons. The molecule has 26 heavy (non-hydrogen) atoms. The average molecular weight is 350 g/mol. The minimum absolute atomic E-state index is 0.0404. The monoisotopic (exact) mass is 350 g/mol. The molecule has 2 N–H and O–H groups in total. The Morgan fingerprint density at radius 1 is 1.04 bits per heavy atom. The first-order chi connectivity index (χ1) is 12.5. The molecule has 0 atom stereocenters. The van der Waals surface area contributed by atoms with Crippen LogP contribution in [0, 0.1) is 0 Å². The maximum absolute atomic E-state index is 5.80. The van der Waals surface area contributed by atoms with Gasteiger partial charge in [0, 0.05) is 19.0 Å². The van der Waals surface area contributed by atoms with E-state index in [1.54, 1.807) is 13.2 Å². The summed E-state index contributed by atoms with van der Waals surface area (Å²) in [7, 11) is 1.76. The Balaban J connectivity index is 1.56. The number of aliphatic imine (C=N–C) groups is 1. The van der Waals surface area contributed by atoms with Crippen LogP contribution in [-0.2, 0) is 18.5 Å². The second-order valence-electron chi connectivity index (χ2n) is 7.33. The van der Waals surface area contributed by atoms with Gasteiger partial charge in [-0.15, -0.1) is 0 Å². The molecule has 5 heteroatoms. The Bertz CT molecular complexity index is 906. The summed E-state index contributed by atoms with van der Waals surface area (Å²) in [5.74, 6) is 2.26. The molecule has 1 aromatic heterocycles. The maximum atomic E-state index is 5.80. The predicted octanol–water partition coefficient (Wildman–Crippen LogP) is 3.99. The van der Waals surface area contributed by atoms with E-state index in [4.69, 9.17) is 4.42 Å². The molecule has 0 radical (unpaired) electrons. The Morgan fingerprint density at radius 2 is 1.77 bits per heavy atom. The SMILES string of the molecule is CN=C(NCc1ccc2ccccc2c1)NCc1ncc(C(C)(C)C)o1. The van der Waals surface area contributed by atoms with Crippen LogP contribution in [0.2, 0.25) is 0 Å². The highest BCUT2D eigenvalue weighted by Crippen LogP contribution is 2.22. The van der Waals surface area contributed by atoms with E-state index >= 15 is 0 Å². The summed E-state index contributed by atoms with van der Waals surface area (Å²) in [6.45, 7) is 7.51. The van der Waals surface area contributed by atoms with Crippen molar-refractivity contribution in [1.29, 1.82) is 0 Å². The Kier molecular flexibility index (Phi) is 5.26. The predicted molar refractivity (Wildman–Crippen MR) is 106 cm³/mol. The topological polar surface area (TPSA) is 62.5 Å². The van der Waals surface area contributed by atoms with Gasteiger partial charge in [-0.3, -0.25) is 4.99 Å². The third-order valence-electron chi connectivity index (χ3n) is 4.20.